The number of urea groups is 1. The first-order valence-electron chi connectivity index (χ1n) is 7.73. The summed E-state index contributed by atoms with van der Waals surface area (Å²) in [6.45, 7) is 5.07. The van der Waals surface area contributed by atoms with Crippen LogP contribution in [0.3, 0.4) is 0 Å². The number of hydrogen-bond acceptors (Lipinski definition) is 3. The van der Waals surface area contributed by atoms with Crippen molar-refractivity contribution in [3.8, 4) is 0 Å². The Kier molecular flexibility index (Phi) is 11.7. The van der Waals surface area contributed by atoms with Gasteiger partial charge in [-0.2, -0.15) is 0 Å². The number of carboxylic acids is 1. The first kappa shape index (κ1) is 19.7. The number of carbonyl (C=O) groups is 2. The zero-order valence-electron chi connectivity index (χ0n) is 13.5. The quantitative estimate of drug-likeness (QED) is 0.483. The van der Waals surface area contributed by atoms with E-state index in [4.69, 9.17) is 9.84 Å². The molecular weight excluding hydrogens is 272 g/mol. The first-order valence-corrected chi connectivity index (χ1v) is 7.73. The fourth-order valence-electron chi connectivity index (χ4n) is 1.95. The molecule has 0 fully saturated rings. The Morgan fingerprint density at radius 3 is 2.43 bits per heavy atom. The van der Waals surface area contributed by atoms with Crippen LogP contribution in [0.1, 0.15) is 52.4 Å². The third-order valence-corrected chi connectivity index (χ3v) is 3.38. The van der Waals surface area contributed by atoms with Crippen molar-refractivity contribution in [2.45, 2.75) is 58.4 Å². The summed E-state index contributed by atoms with van der Waals surface area (Å²) in [7, 11) is 1.68. The van der Waals surface area contributed by atoms with Crippen LogP contribution in [0, 0.1) is 5.92 Å². The Balaban J connectivity index is 3.54. The summed E-state index contributed by atoms with van der Waals surface area (Å²) in [5, 5.41) is 14.5. The summed E-state index contributed by atoms with van der Waals surface area (Å²) in [6.07, 6.45) is 5.23. The van der Waals surface area contributed by atoms with E-state index in [2.05, 4.69) is 10.6 Å². The highest BCUT2D eigenvalue weighted by Crippen LogP contribution is 2.09. The molecule has 0 saturated heterocycles. The van der Waals surface area contributed by atoms with Gasteiger partial charge in [0.25, 0.3) is 0 Å². The van der Waals surface area contributed by atoms with Gasteiger partial charge < -0.3 is 20.5 Å². The van der Waals surface area contributed by atoms with Crippen molar-refractivity contribution >= 4 is 12.0 Å². The van der Waals surface area contributed by atoms with Crippen molar-refractivity contribution in [2.24, 2.45) is 5.92 Å². The summed E-state index contributed by atoms with van der Waals surface area (Å²) in [5.74, 6) is -1.08. The van der Waals surface area contributed by atoms with Crippen LogP contribution in [0.25, 0.3) is 0 Å². The third-order valence-electron chi connectivity index (χ3n) is 3.38. The van der Waals surface area contributed by atoms with Gasteiger partial charge in [0.05, 0.1) is 5.92 Å². The Morgan fingerprint density at radius 1 is 1.10 bits per heavy atom. The topological polar surface area (TPSA) is 87.7 Å². The van der Waals surface area contributed by atoms with Gasteiger partial charge in [0, 0.05) is 26.3 Å². The maximum atomic E-state index is 11.6. The molecule has 0 radical (unpaired) electrons. The van der Waals surface area contributed by atoms with Crippen molar-refractivity contribution < 1.29 is 19.4 Å². The largest absolute Gasteiger partial charge is 0.481 e. The lowest BCUT2D eigenvalue weighted by molar-refractivity contribution is -0.141. The summed E-state index contributed by atoms with van der Waals surface area (Å²) in [6, 6.07) is -0.0972. The highest BCUT2D eigenvalue weighted by molar-refractivity contribution is 5.74. The standard InChI is InChI=1S/C15H30N2O4/c1-12(14(18)19)8-7-9-13(2)17-15(20)16-10-5-4-6-11-21-3/h12-13H,4-11H2,1-3H3,(H,18,19)(H2,16,17,20). The van der Waals surface area contributed by atoms with Gasteiger partial charge in [0.1, 0.15) is 0 Å². The Labute approximate surface area is 127 Å². The van der Waals surface area contributed by atoms with Gasteiger partial charge in [-0.25, -0.2) is 4.79 Å². The van der Waals surface area contributed by atoms with Crippen molar-refractivity contribution in [1.82, 2.24) is 10.6 Å². The summed E-state index contributed by atoms with van der Waals surface area (Å²) in [5.41, 5.74) is 0. The molecule has 0 aliphatic carbocycles. The number of carbonyl (C=O) groups excluding carboxylic acids is 1. The second kappa shape index (κ2) is 12.4. The Hall–Kier alpha value is -1.30. The van der Waals surface area contributed by atoms with Crippen molar-refractivity contribution in [1.29, 1.82) is 0 Å². The maximum absolute atomic E-state index is 11.6. The van der Waals surface area contributed by atoms with Gasteiger partial charge in [0.2, 0.25) is 0 Å². The molecule has 124 valence electrons. The highest BCUT2D eigenvalue weighted by Gasteiger charge is 2.12. The van der Waals surface area contributed by atoms with Gasteiger partial charge in [-0.3, -0.25) is 4.79 Å². The lowest BCUT2D eigenvalue weighted by Crippen LogP contribution is -2.41. The van der Waals surface area contributed by atoms with Gasteiger partial charge >= 0.3 is 12.0 Å². The SMILES string of the molecule is COCCCCCNC(=O)NC(C)CCCC(C)C(=O)O. The average molecular weight is 302 g/mol. The molecule has 0 bridgehead atoms. The molecule has 6 nitrogen and oxygen atoms in total. The molecule has 0 aromatic rings. The second-order valence-corrected chi connectivity index (χ2v) is 5.52. The second-order valence-electron chi connectivity index (χ2n) is 5.52. The number of hydrogen-bond donors (Lipinski definition) is 3. The van der Waals surface area contributed by atoms with Crippen molar-refractivity contribution in [3.63, 3.8) is 0 Å². The monoisotopic (exact) mass is 302 g/mol. The molecule has 2 amide bonds. The number of ether oxygens (including phenoxy) is 1. The predicted molar refractivity (Wildman–Crippen MR) is 82.4 cm³/mol. The van der Waals surface area contributed by atoms with E-state index in [1.807, 2.05) is 6.92 Å². The number of rotatable bonds is 12. The van der Waals surface area contributed by atoms with E-state index in [0.717, 1.165) is 38.7 Å². The number of nitrogens with one attached hydrogen (secondary N) is 2. The van der Waals surface area contributed by atoms with Crippen LogP contribution in [-0.4, -0.2) is 43.4 Å². The first-order chi connectivity index (χ1) is 9.97. The molecule has 0 aliphatic heterocycles. The molecule has 2 atom stereocenters. The van der Waals surface area contributed by atoms with Gasteiger partial charge in [-0.15, -0.1) is 0 Å². The minimum atomic E-state index is -0.762. The molecule has 0 saturated carbocycles. The van der Waals surface area contributed by atoms with Gasteiger partial charge in [0.15, 0.2) is 0 Å². The minimum absolute atomic E-state index is 0.0551. The van der Waals surface area contributed by atoms with E-state index >= 15 is 0 Å². The molecule has 0 rings (SSSR count). The van der Waals surface area contributed by atoms with Crippen LogP contribution in [0.5, 0.6) is 0 Å². The Bertz CT molecular complexity index is 297. The highest BCUT2D eigenvalue weighted by atomic mass is 16.5. The van der Waals surface area contributed by atoms with E-state index in [1.54, 1.807) is 14.0 Å². The zero-order chi connectivity index (χ0) is 16.1. The van der Waals surface area contributed by atoms with E-state index in [1.165, 1.54) is 0 Å². The fourth-order valence-corrected chi connectivity index (χ4v) is 1.95. The molecule has 0 aromatic carbocycles. The van der Waals surface area contributed by atoms with Crippen LogP contribution in [0.15, 0.2) is 0 Å². The fraction of sp³-hybridized carbons (Fsp3) is 0.867. The maximum Gasteiger partial charge on any atom is 0.314 e. The summed E-state index contributed by atoms with van der Waals surface area (Å²) in [4.78, 5) is 22.3. The molecule has 0 heterocycles. The van der Waals surface area contributed by atoms with Crippen LogP contribution < -0.4 is 10.6 Å². The molecule has 2 unspecified atom stereocenters. The lowest BCUT2D eigenvalue weighted by Gasteiger charge is -2.15. The van der Waals surface area contributed by atoms with E-state index in [9.17, 15) is 9.59 Å². The minimum Gasteiger partial charge on any atom is -0.481 e. The molecule has 6 heteroatoms. The zero-order valence-corrected chi connectivity index (χ0v) is 13.5. The van der Waals surface area contributed by atoms with E-state index in [0.29, 0.717) is 13.0 Å². The molecule has 0 aromatic heterocycles. The molecule has 21 heavy (non-hydrogen) atoms. The van der Waals surface area contributed by atoms with Crippen LogP contribution in [0.4, 0.5) is 4.79 Å². The molecule has 3 N–H and O–H groups in total. The molecule has 0 spiro atoms. The number of unbranched alkanes of at least 4 members (excludes halogenated alkanes) is 2. The smallest absolute Gasteiger partial charge is 0.314 e. The van der Waals surface area contributed by atoms with Crippen molar-refractivity contribution in [2.75, 3.05) is 20.3 Å². The third kappa shape index (κ3) is 12.2. The molecular formula is C15H30N2O4. The van der Waals surface area contributed by atoms with Gasteiger partial charge in [-0.1, -0.05) is 13.3 Å². The van der Waals surface area contributed by atoms with Gasteiger partial charge in [-0.05, 0) is 39.0 Å². The number of aliphatic carboxylic acids is 1. The lowest BCUT2D eigenvalue weighted by atomic mass is 10.0. The van der Waals surface area contributed by atoms with Crippen molar-refractivity contribution in [3.05, 3.63) is 0 Å². The van der Waals surface area contributed by atoms with E-state index in [-0.39, 0.29) is 18.0 Å². The molecule has 0 aliphatic rings. The average Bonchev–Trinajstić information content (AvgIpc) is 2.42. The van der Waals surface area contributed by atoms with Crippen LogP contribution in [-0.2, 0) is 9.53 Å². The Morgan fingerprint density at radius 2 is 1.81 bits per heavy atom. The van der Waals surface area contributed by atoms with Crippen LogP contribution >= 0.6 is 0 Å². The number of amides is 2. The normalized spacial score (nSPS) is 13.5. The predicted octanol–water partition coefficient (Wildman–Crippen LogP) is 2.38. The summed E-state index contributed by atoms with van der Waals surface area (Å²) < 4.78 is 4.95. The number of carboxylic acid groups (broad SMARTS) is 1. The van der Waals surface area contributed by atoms with E-state index < -0.39 is 5.97 Å². The van der Waals surface area contributed by atoms with Crippen LogP contribution in [0.2, 0.25) is 0 Å². The summed E-state index contributed by atoms with van der Waals surface area (Å²) >= 11 is 0. The number of methoxy groups -OCH3 is 1.